The molecule has 0 radical (unpaired) electrons. The van der Waals surface area contributed by atoms with Crippen molar-refractivity contribution in [3.8, 4) is 5.75 Å². The molecule has 7 rings (SSSR count). The Balaban J connectivity index is 1.37. The zero-order valence-corrected chi connectivity index (χ0v) is 44.2. The first-order valence-electron chi connectivity index (χ1n) is 24.8. The quantitative estimate of drug-likeness (QED) is 0.0267. The summed E-state index contributed by atoms with van der Waals surface area (Å²) in [4.78, 5) is 40.2. The fraction of sp³-hybridized carbons (Fsp3) is 0.434. The van der Waals surface area contributed by atoms with Crippen LogP contribution >= 0.6 is 24.1 Å². The van der Waals surface area contributed by atoms with E-state index in [0.29, 0.717) is 118 Å². The number of benzene rings is 3. The number of hydrogen-bond donors (Lipinski definition) is 5. The first-order valence-corrected chi connectivity index (χ1v) is 27.9. The van der Waals surface area contributed by atoms with Crippen LogP contribution in [0.1, 0.15) is 126 Å². The third-order valence-electron chi connectivity index (χ3n) is 14.0. The molecule has 0 aromatic heterocycles. The van der Waals surface area contributed by atoms with Crippen LogP contribution in [0.4, 0.5) is 11.4 Å². The molecule has 3 heterocycles. The predicted molar refractivity (Wildman–Crippen MR) is 278 cm³/mol. The highest BCUT2D eigenvalue weighted by atomic mass is 32.2. The summed E-state index contributed by atoms with van der Waals surface area (Å²) < 4.78 is 54.0. The van der Waals surface area contributed by atoms with Crippen LogP contribution in [0.25, 0.3) is 0 Å². The fourth-order valence-electron chi connectivity index (χ4n) is 10.3. The number of hydrogen-bond acceptors (Lipinski definition) is 15. The van der Waals surface area contributed by atoms with Crippen molar-refractivity contribution >= 4 is 69.1 Å². The molecule has 74 heavy (non-hydrogen) atoms. The van der Waals surface area contributed by atoms with Crippen LogP contribution in [0.15, 0.2) is 117 Å². The molecule has 1 atom stereocenters. The van der Waals surface area contributed by atoms with Crippen molar-refractivity contribution in [3.05, 3.63) is 124 Å². The van der Waals surface area contributed by atoms with Gasteiger partial charge in [-0.2, -0.15) is 17.3 Å². The molecule has 2 bridgehead atoms. The lowest BCUT2D eigenvalue weighted by Gasteiger charge is -2.31. The smallest absolute Gasteiger partial charge is 0.335 e. The van der Waals surface area contributed by atoms with Gasteiger partial charge >= 0.3 is 5.97 Å². The standard InChI is InChI=1S/C53H64N4O14S3/c1-52(2)42-34-40(73-71-69-63)22-24-44(42)56-31-9-5-7-15-49(59)55-30-29-54-48(58)14-6-4-8-28-53(3)43-35-41(74(64,65)66)23-25-45(43)57(32-11-33-72-70-68-62)47(53)27-19-37-13-10-12-36(18-26-46(52)56)50(37)67-39-20-16-38(17-21-39)51(60)61/h16-27,34-35H,4-15,28-33H2,1-3H3,(H5-,54,55,58,59,60,61,62,63,64,65,66). The monoisotopic (exact) mass is 1080 g/mol. The summed E-state index contributed by atoms with van der Waals surface area (Å²) in [5, 5.41) is 42.6. The van der Waals surface area contributed by atoms with Gasteiger partial charge in [0.2, 0.25) is 17.5 Å². The van der Waals surface area contributed by atoms with Crippen LogP contribution in [-0.4, -0.2) is 83.3 Å². The summed E-state index contributed by atoms with van der Waals surface area (Å²) in [6.07, 6.45) is 16.3. The van der Waals surface area contributed by atoms with Gasteiger partial charge in [0.1, 0.15) is 18.1 Å². The molecule has 398 valence electrons. The van der Waals surface area contributed by atoms with Gasteiger partial charge in [-0.3, -0.25) is 19.2 Å². The first kappa shape index (κ1) is 56.4. The highest BCUT2D eigenvalue weighted by Gasteiger charge is 2.45. The molecular weight excluding hydrogens is 1010 g/mol. The molecule has 1 aliphatic carbocycles. The summed E-state index contributed by atoms with van der Waals surface area (Å²) in [5.74, 6) is 0.216. The molecule has 3 aliphatic heterocycles. The van der Waals surface area contributed by atoms with Gasteiger partial charge in [-0.15, -0.1) is 4.33 Å². The number of fused-ring (bicyclic) bond motifs is 6. The van der Waals surface area contributed by atoms with E-state index in [1.54, 1.807) is 18.2 Å². The van der Waals surface area contributed by atoms with E-state index in [0.717, 1.165) is 82.8 Å². The SMILES string of the molecule is CC1(C)C2=[N+](CCCCCC(=O)NCCNC(=O)CCCCCC3(C)/C(=C/C=C4\CCCC(=C4Oc4ccc(C(=O)O)cc4)/C=C/2)N(CCCSOOO)c2ccc(S(=O)(=O)O)cc23)c2ccc(SOO[O-])cc21. The highest BCUT2D eigenvalue weighted by Crippen LogP contribution is 2.52. The van der Waals surface area contributed by atoms with Crippen molar-refractivity contribution in [2.24, 2.45) is 0 Å². The molecule has 21 heteroatoms. The fourth-order valence-corrected chi connectivity index (χ4v) is 11.5. The summed E-state index contributed by atoms with van der Waals surface area (Å²) in [6.45, 7) is 8.06. The van der Waals surface area contributed by atoms with Crippen LogP contribution in [0, 0.1) is 0 Å². The number of aromatic carboxylic acids is 1. The van der Waals surface area contributed by atoms with E-state index in [1.807, 2.05) is 24.3 Å². The van der Waals surface area contributed by atoms with E-state index in [4.69, 9.17) is 9.99 Å². The number of allylic oxidation sites excluding steroid dienone is 7. The normalized spacial score (nSPS) is 22.2. The van der Waals surface area contributed by atoms with Gasteiger partial charge in [0, 0.05) is 96.1 Å². The minimum atomic E-state index is -4.58. The van der Waals surface area contributed by atoms with Crippen LogP contribution in [-0.2, 0) is 49.3 Å². The number of carboxylic acid groups (broad SMARTS) is 1. The van der Waals surface area contributed by atoms with E-state index in [1.165, 1.54) is 24.3 Å². The number of anilines is 1. The van der Waals surface area contributed by atoms with E-state index in [2.05, 4.69) is 77.9 Å². The summed E-state index contributed by atoms with van der Waals surface area (Å²) in [7, 11) is -4.58. The third-order valence-corrected chi connectivity index (χ3v) is 16.1. The Morgan fingerprint density at radius 2 is 1.57 bits per heavy atom. The van der Waals surface area contributed by atoms with Gasteiger partial charge in [0.25, 0.3) is 10.1 Å². The molecule has 2 amide bonds. The van der Waals surface area contributed by atoms with Crippen LogP contribution in [0.2, 0.25) is 0 Å². The molecule has 3 aromatic rings. The molecule has 0 spiro atoms. The maximum atomic E-state index is 12.9. The number of nitrogens with one attached hydrogen (secondary N) is 2. The number of amides is 2. The van der Waals surface area contributed by atoms with Gasteiger partial charge in [-0.05, 0) is 156 Å². The van der Waals surface area contributed by atoms with Crippen LogP contribution in [0.5, 0.6) is 5.75 Å². The number of carbonyl (C=O) groups excluding carboxylic acids is 2. The minimum absolute atomic E-state index is 0.0827. The average Bonchev–Trinajstić information content (AvgIpc) is 3.73. The van der Waals surface area contributed by atoms with Crippen molar-refractivity contribution in [3.63, 3.8) is 0 Å². The molecule has 0 fully saturated rings. The largest absolute Gasteiger partial charge is 0.691 e. The second-order valence-electron chi connectivity index (χ2n) is 19.3. The van der Waals surface area contributed by atoms with E-state index in [-0.39, 0.29) is 22.3 Å². The Hall–Kier alpha value is -5.33. The Labute approximate surface area is 440 Å². The van der Waals surface area contributed by atoms with Crippen LogP contribution < -0.4 is 25.5 Å². The van der Waals surface area contributed by atoms with Crippen molar-refractivity contribution in [1.29, 1.82) is 0 Å². The number of rotatable bonds is 13. The minimum Gasteiger partial charge on any atom is -0.691 e. The molecule has 0 saturated heterocycles. The van der Waals surface area contributed by atoms with Gasteiger partial charge in [-0.25, -0.2) is 10.1 Å². The Kier molecular flexibility index (Phi) is 19.8. The second-order valence-corrected chi connectivity index (χ2v) is 22.3. The van der Waals surface area contributed by atoms with Gasteiger partial charge in [0.05, 0.1) is 27.9 Å². The zero-order chi connectivity index (χ0) is 52.9. The number of ether oxygens (including phenoxy) is 1. The number of carbonyl (C=O) groups is 3. The van der Waals surface area contributed by atoms with E-state index >= 15 is 0 Å². The average molecular weight is 1080 g/mol. The molecule has 0 saturated carbocycles. The van der Waals surface area contributed by atoms with E-state index in [9.17, 15) is 37.7 Å². The molecule has 5 N–H and O–H groups in total. The van der Waals surface area contributed by atoms with Gasteiger partial charge in [-0.1, -0.05) is 24.0 Å². The second kappa shape index (κ2) is 25.9. The molecule has 3 aromatic carbocycles. The van der Waals surface area contributed by atoms with Crippen LogP contribution in [0.3, 0.4) is 0 Å². The van der Waals surface area contributed by atoms with Crippen molar-refractivity contribution < 1.29 is 71.0 Å². The van der Waals surface area contributed by atoms with Gasteiger partial charge in [0.15, 0.2) is 5.71 Å². The molecule has 4 aliphatic rings. The molecular formula is C53H64N4O14S3. The number of nitrogens with zero attached hydrogens (tertiary/aromatic N) is 2. The molecule has 1 unspecified atom stereocenters. The first-order chi connectivity index (χ1) is 35.5. The molecule has 18 nitrogen and oxygen atoms in total. The summed E-state index contributed by atoms with van der Waals surface area (Å²) >= 11 is 1.76. The van der Waals surface area contributed by atoms with E-state index < -0.39 is 26.9 Å². The lowest BCUT2D eigenvalue weighted by Crippen LogP contribution is -2.34. The zero-order valence-electron chi connectivity index (χ0n) is 41.8. The topological polar surface area (TPSA) is 246 Å². The highest BCUT2D eigenvalue weighted by molar-refractivity contribution is 7.94. The lowest BCUT2D eigenvalue weighted by atomic mass is 9.77. The lowest BCUT2D eigenvalue weighted by molar-refractivity contribution is -0.777. The van der Waals surface area contributed by atoms with Crippen molar-refractivity contribution in [2.45, 2.75) is 125 Å². The third kappa shape index (κ3) is 13.9. The van der Waals surface area contributed by atoms with Crippen molar-refractivity contribution in [2.75, 3.05) is 36.8 Å². The maximum absolute atomic E-state index is 12.9. The Morgan fingerprint density at radius 1 is 0.838 bits per heavy atom. The summed E-state index contributed by atoms with van der Waals surface area (Å²) in [6, 6.07) is 16.8. The Bertz CT molecular complexity index is 2810. The Morgan fingerprint density at radius 3 is 2.26 bits per heavy atom. The number of carboxylic acids is 1. The predicted octanol–water partition coefficient (Wildman–Crippen LogP) is 9.12. The van der Waals surface area contributed by atoms with Crippen molar-refractivity contribution in [1.82, 2.24) is 10.6 Å². The maximum Gasteiger partial charge on any atom is 0.335 e. The summed E-state index contributed by atoms with van der Waals surface area (Å²) in [5.41, 5.74) is 5.92. The van der Waals surface area contributed by atoms with Gasteiger partial charge < -0.3 is 30.6 Å².